The fourth-order valence-corrected chi connectivity index (χ4v) is 2.76. The van der Waals surface area contributed by atoms with E-state index in [2.05, 4.69) is 22.5 Å². The molecule has 0 aliphatic carbocycles. The topological polar surface area (TPSA) is 59.0 Å². The van der Waals surface area contributed by atoms with Crippen LogP contribution < -0.4 is 10.6 Å². The van der Waals surface area contributed by atoms with Gasteiger partial charge >= 0.3 is 0 Å². The lowest BCUT2D eigenvalue weighted by Crippen LogP contribution is -2.40. The van der Waals surface area contributed by atoms with Gasteiger partial charge in [0.25, 0.3) is 0 Å². The summed E-state index contributed by atoms with van der Waals surface area (Å²) in [4.78, 5) is 16.3. The van der Waals surface area contributed by atoms with E-state index >= 15 is 0 Å². The number of hydrogen-bond donors (Lipinski definition) is 2. The number of carbonyl (C=O) groups is 1. The second-order valence-corrected chi connectivity index (χ2v) is 5.57. The molecule has 1 atom stereocenters. The van der Waals surface area contributed by atoms with E-state index in [0.717, 1.165) is 25.9 Å². The zero-order valence-electron chi connectivity index (χ0n) is 12.1. The Kier molecular flexibility index (Phi) is 4.24. The average Bonchev–Trinajstić information content (AvgIpc) is 2.89. The Balaban J connectivity index is 2.24. The molecule has 19 heavy (non-hydrogen) atoms. The molecule has 1 amide bonds. The minimum absolute atomic E-state index is 0.0549. The quantitative estimate of drug-likeness (QED) is 0.859. The molecule has 5 nitrogen and oxygen atoms in total. The molecule has 2 rings (SSSR count). The summed E-state index contributed by atoms with van der Waals surface area (Å²) in [5.74, 6) is 0.0549. The van der Waals surface area contributed by atoms with Crippen molar-refractivity contribution in [3.05, 3.63) is 18.2 Å². The number of nitrogens with zero attached hydrogens (tertiary/aromatic N) is 2. The van der Waals surface area contributed by atoms with E-state index in [9.17, 15) is 4.79 Å². The fraction of sp³-hybridized carbons (Fsp3) is 0.714. The molecule has 1 aliphatic rings. The van der Waals surface area contributed by atoms with Gasteiger partial charge in [0.05, 0.1) is 6.33 Å². The van der Waals surface area contributed by atoms with Gasteiger partial charge in [-0.1, -0.05) is 6.92 Å². The summed E-state index contributed by atoms with van der Waals surface area (Å²) in [6, 6.07) is -0.204. The number of amides is 1. The molecule has 0 radical (unpaired) electrons. The van der Waals surface area contributed by atoms with Crippen LogP contribution in [0.3, 0.4) is 0 Å². The summed E-state index contributed by atoms with van der Waals surface area (Å²) >= 11 is 0. The van der Waals surface area contributed by atoms with Gasteiger partial charge in [-0.3, -0.25) is 4.79 Å². The number of carbonyl (C=O) groups excluding carboxylic acids is 1. The Morgan fingerprint density at radius 2 is 2.26 bits per heavy atom. The molecule has 0 aromatic carbocycles. The zero-order chi connectivity index (χ0) is 13.9. The van der Waals surface area contributed by atoms with Crippen LogP contribution in [0.15, 0.2) is 12.5 Å². The van der Waals surface area contributed by atoms with E-state index in [4.69, 9.17) is 0 Å². The van der Waals surface area contributed by atoms with Gasteiger partial charge in [0.1, 0.15) is 6.04 Å². The van der Waals surface area contributed by atoms with Crippen molar-refractivity contribution in [3.8, 4) is 0 Å². The van der Waals surface area contributed by atoms with Gasteiger partial charge in [0.2, 0.25) is 5.91 Å². The lowest BCUT2D eigenvalue weighted by Gasteiger charge is -2.35. The van der Waals surface area contributed by atoms with Crippen molar-refractivity contribution in [1.82, 2.24) is 20.2 Å². The number of aromatic nitrogens is 2. The molecule has 1 saturated heterocycles. The molecule has 0 saturated carbocycles. The minimum Gasteiger partial charge on any atom is -0.355 e. The summed E-state index contributed by atoms with van der Waals surface area (Å²) in [6.45, 7) is 8.85. The third-order valence-electron chi connectivity index (χ3n) is 4.14. The van der Waals surface area contributed by atoms with Crippen LogP contribution in [0.4, 0.5) is 0 Å². The number of hydrogen-bond acceptors (Lipinski definition) is 3. The average molecular weight is 264 g/mol. The summed E-state index contributed by atoms with van der Waals surface area (Å²) in [5.41, 5.74) is 1.29. The lowest BCUT2D eigenvalue weighted by atomic mass is 9.78. The van der Waals surface area contributed by atoms with Crippen LogP contribution in [0.2, 0.25) is 0 Å². The van der Waals surface area contributed by atoms with Gasteiger partial charge in [-0.25, -0.2) is 4.98 Å². The number of piperidine rings is 1. The van der Waals surface area contributed by atoms with E-state index in [1.54, 1.807) is 6.33 Å². The first kappa shape index (κ1) is 14.1. The smallest absolute Gasteiger partial charge is 0.242 e. The zero-order valence-corrected chi connectivity index (χ0v) is 12.1. The molecular weight excluding hydrogens is 240 g/mol. The van der Waals surface area contributed by atoms with Crippen molar-refractivity contribution in [2.24, 2.45) is 0 Å². The molecular formula is C14H24N4O. The van der Waals surface area contributed by atoms with Crippen LogP contribution in [0.25, 0.3) is 0 Å². The van der Waals surface area contributed by atoms with E-state index in [-0.39, 0.29) is 17.4 Å². The first-order chi connectivity index (χ1) is 9.08. The number of imidazole rings is 1. The molecule has 1 aliphatic heterocycles. The molecule has 1 aromatic heterocycles. The Labute approximate surface area is 114 Å². The van der Waals surface area contributed by atoms with E-state index in [1.807, 2.05) is 24.6 Å². The SMILES string of the molecule is CCNC(=O)C(C)n1cncc1C1(C)CCNCC1. The van der Waals surface area contributed by atoms with Crippen LogP contribution >= 0.6 is 0 Å². The molecule has 2 heterocycles. The second-order valence-electron chi connectivity index (χ2n) is 5.57. The van der Waals surface area contributed by atoms with Gasteiger partial charge in [0.15, 0.2) is 0 Å². The molecule has 1 aromatic rings. The molecule has 1 fully saturated rings. The number of rotatable bonds is 4. The monoisotopic (exact) mass is 264 g/mol. The fourth-order valence-electron chi connectivity index (χ4n) is 2.76. The molecule has 1 unspecified atom stereocenters. The standard InChI is InChI=1S/C14H24N4O/c1-4-17-13(19)11(2)18-10-16-9-12(18)14(3)5-7-15-8-6-14/h9-11,15H,4-8H2,1-3H3,(H,17,19). The van der Waals surface area contributed by atoms with Crippen LogP contribution in [0, 0.1) is 0 Å². The van der Waals surface area contributed by atoms with Crippen LogP contribution in [0.1, 0.15) is 45.3 Å². The van der Waals surface area contributed by atoms with Gasteiger partial charge in [-0.2, -0.15) is 0 Å². The summed E-state index contributed by atoms with van der Waals surface area (Å²) in [6.07, 6.45) is 5.87. The highest BCUT2D eigenvalue weighted by Gasteiger charge is 2.33. The predicted molar refractivity (Wildman–Crippen MR) is 75.1 cm³/mol. The molecule has 106 valence electrons. The summed E-state index contributed by atoms with van der Waals surface area (Å²) in [5, 5.41) is 6.26. The maximum absolute atomic E-state index is 12.0. The van der Waals surface area contributed by atoms with Crippen molar-refractivity contribution < 1.29 is 4.79 Å². The third-order valence-corrected chi connectivity index (χ3v) is 4.14. The Morgan fingerprint density at radius 1 is 1.58 bits per heavy atom. The molecule has 0 spiro atoms. The number of likely N-dealkylation sites (N-methyl/N-ethyl adjacent to an activating group) is 1. The Bertz CT molecular complexity index is 434. The summed E-state index contributed by atoms with van der Waals surface area (Å²) < 4.78 is 2.02. The Hall–Kier alpha value is -1.36. The lowest BCUT2D eigenvalue weighted by molar-refractivity contribution is -0.123. The number of nitrogens with one attached hydrogen (secondary N) is 2. The van der Waals surface area contributed by atoms with Crippen molar-refractivity contribution in [2.75, 3.05) is 19.6 Å². The summed E-state index contributed by atoms with van der Waals surface area (Å²) in [7, 11) is 0. The predicted octanol–water partition coefficient (Wildman–Crippen LogP) is 1.22. The first-order valence-corrected chi connectivity index (χ1v) is 7.09. The third kappa shape index (κ3) is 2.81. The van der Waals surface area contributed by atoms with Gasteiger partial charge in [0, 0.05) is 23.9 Å². The van der Waals surface area contributed by atoms with Gasteiger partial charge in [-0.15, -0.1) is 0 Å². The first-order valence-electron chi connectivity index (χ1n) is 7.09. The van der Waals surface area contributed by atoms with E-state index < -0.39 is 0 Å². The van der Waals surface area contributed by atoms with Crippen LogP contribution in [0.5, 0.6) is 0 Å². The van der Waals surface area contributed by atoms with Crippen molar-refractivity contribution in [3.63, 3.8) is 0 Å². The molecule has 5 heteroatoms. The van der Waals surface area contributed by atoms with E-state index in [0.29, 0.717) is 6.54 Å². The van der Waals surface area contributed by atoms with Crippen LogP contribution in [-0.2, 0) is 10.2 Å². The highest BCUT2D eigenvalue weighted by molar-refractivity contribution is 5.79. The second kappa shape index (κ2) is 5.74. The maximum Gasteiger partial charge on any atom is 0.242 e. The van der Waals surface area contributed by atoms with E-state index in [1.165, 1.54) is 5.69 Å². The minimum atomic E-state index is -0.204. The highest BCUT2D eigenvalue weighted by Crippen LogP contribution is 2.33. The molecule has 0 bridgehead atoms. The van der Waals surface area contributed by atoms with Gasteiger partial charge in [-0.05, 0) is 39.8 Å². The maximum atomic E-state index is 12.0. The molecule has 2 N–H and O–H groups in total. The van der Waals surface area contributed by atoms with Crippen molar-refractivity contribution in [2.45, 2.75) is 45.1 Å². The largest absolute Gasteiger partial charge is 0.355 e. The van der Waals surface area contributed by atoms with Gasteiger partial charge < -0.3 is 15.2 Å². The normalized spacial score (nSPS) is 19.9. The Morgan fingerprint density at radius 3 is 2.89 bits per heavy atom. The highest BCUT2D eigenvalue weighted by atomic mass is 16.2. The van der Waals surface area contributed by atoms with Crippen LogP contribution in [-0.4, -0.2) is 35.1 Å². The van der Waals surface area contributed by atoms with Crippen molar-refractivity contribution in [1.29, 1.82) is 0 Å². The van der Waals surface area contributed by atoms with Crippen molar-refractivity contribution >= 4 is 5.91 Å².